The summed E-state index contributed by atoms with van der Waals surface area (Å²) in [4.78, 5) is 0. The SMILES string of the molecule is OCCCCCNCCC1CCOC1. The zero-order chi connectivity index (χ0) is 10.1. The van der Waals surface area contributed by atoms with Gasteiger partial charge in [0.1, 0.15) is 0 Å². The second kappa shape index (κ2) is 8.21. The summed E-state index contributed by atoms with van der Waals surface area (Å²) in [6.45, 7) is 4.47. The van der Waals surface area contributed by atoms with E-state index in [1.54, 1.807) is 0 Å². The van der Waals surface area contributed by atoms with Crippen LogP contribution in [-0.2, 0) is 4.74 Å². The lowest BCUT2D eigenvalue weighted by Gasteiger charge is -2.08. The van der Waals surface area contributed by atoms with Gasteiger partial charge in [-0.1, -0.05) is 0 Å². The quantitative estimate of drug-likeness (QED) is 0.579. The summed E-state index contributed by atoms with van der Waals surface area (Å²) in [6.07, 6.45) is 5.75. The normalized spacial score (nSPS) is 21.6. The number of aliphatic hydroxyl groups is 1. The molecule has 1 rings (SSSR count). The highest BCUT2D eigenvalue weighted by Crippen LogP contribution is 2.14. The third-order valence-electron chi connectivity index (χ3n) is 2.77. The molecule has 1 heterocycles. The summed E-state index contributed by atoms with van der Waals surface area (Å²) in [5.74, 6) is 0.792. The highest BCUT2D eigenvalue weighted by atomic mass is 16.5. The Morgan fingerprint density at radius 1 is 1.21 bits per heavy atom. The average Bonchev–Trinajstić information content (AvgIpc) is 2.69. The first-order chi connectivity index (χ1) is 6.93. The number of hydrogen-bond acceptors (Lipinski definition) is 3. The molecule has 0 aromatic rings. The summed E-state index contributed by atoms with van der Waals surface area (Å²) < 4.78 is 5.31. The molecule has 84 valence electrons. The number of unbranched alkanes of at least 4 members (excludes halogenated alkanes) is 2. The Morgan fingerprint density at radius 2 is 2.14 bits per heavy atom. The molecule has 2 N–H and O–H groups in total. The molecule has 0 bridgehead atoms. The van der Waals surface area contributed by atoms with Crippen molar-refractivity contribution in [2.24, 2.45) is 5.92 Å². The van der Waals surface area contributed by atoms with E-state index >= 15 is 0 Å². The molecule has 0 spiro atoms. The van der Waals surface area contributed by atoms with Gasteiger partial charge in [0, 0.05) is 19.8 Å². The number of aliphatic hydroxyl groups excluding tert-OH is 1. The lowest BCUT2D eigenvalue weighted by molar-refractivity contribution is 0.184. The van der Waals surface area contributed by atoms with E-state index in [9.17, 15) is 0 Å². The van der Waals surface area contributed by atoms with Gasteiger partial charge >= 0.3 is 0 Å². The van der Waals surface area contributed by atoms with E-state index in [0.717, 1.165) is 45.1 Å². The Kier molecular flexibility index (Phi) is 7.01. The van der Waals surface area contributed by atoms with Crippen molar-refractivity contribution in [1.29, 1.82) is 0 Å². The minimum atomic E-state index is 0.333. The molecule has 0 amide bonds. The molecule has 3 heteroatoms. The maximum Gasteiger partial charge on any atom is 0.0495 e. The largest absolute Gasteiger partial charge is 0.396 e. The maximum atomic E-state index is 8.58. The van der Waals surface area contributed by atoms with Crippen LogP contribution in [0.4, 0.5) is 0 Å². The van der Waals surface area contributed by atoms with Gasteiger partial charge in [0.15, 0.2) is 0 Å². The minimum Gasteiger partial charge on any atom is -0.396 e. The highest BCUT2D eigenvalue weighted by molar-refractivity contribution is 4.65. The number of rotatable bonds is 8. The van der Waals surface area contributed by atoms with Crippen molar-refractivity contribution in [2.75, 3.05) is 32.9 Å². The number of nitrogens with one attached hydrogen (secondary N) is 1. The van der Waals surface area contributed by atoms with Gasteiger partial charge in [-0.3, -0.25) is 0 Å². The Morgan fingerprint density at radius 3 is 2.86 bits per heavy atom. The van der Waals surface area contributed by atoms with E-state index in [1.807, 2.05) is 0 Å². The molecule has 14 heavy (non-hydrogen) atoms. The van der Waals surface area contributed by atoms with Crippen LogP contribution in [0.5, 0.6) is 0 Å². The van der Waals surface area contributed by atoms with E-state index in [4.69, 9.17) is 9.84 Å². The molecule has 0 saturated carbocycles. The fourth-order valence-corrected chi connectivity index (χ4v) is 1.78. The fraction of sp³-hybridized carbons (Fsp3) is 1.00. The number of ether oxygens (including phenoxy) is 1. The van der Waals surface area contributed by atoms with Crippen molar-refractivity contribution in [3.05, 3.63) is 0 Å². The van der Waals surface area contributed by atoms with Crippen molar-refractivity contribution in [3.8, 4) is 0 Å². The van der Waals surface area contributed by atoms with Crippen LogP contribution in [0.2, 0.25) is 0 Å². The van der Waals surface area contributed by atoms with Gasteiger partial charge in [0.2, 0.25) is 0 Å². The molecule has 3 nitrogen and oxygen atoms in total. The third-order valence-corrected chi connectivity index (χ3v) is 2.77. The first kappa shape index (κ1) is 12.0. The first-order valence-electron chi connectivity index (χ1n) is 5.83. The summed E-state index contributed by atoms with van der Waals surface area (Å²) in [5, 5.41) is 12.0. The molecule has 1 unspecified atom stereocenters. The summed E-state index contributed by atoms with van der Waals surface area (Å²) >= 11 is 0. The Labute approximate surface area is 86.8 Å². The first-order valence-corrected chi connectivity index (χ1v) is 5.83. The molecule has 0 aromatic carbocycles. The van der Waals surface area contributed by atoms with Crippen molar-refractivity contribution in [1.82, 2.24) is 5.32 Å². The number of hydrogen-bond donors (Lipinski definition) is 2. The lowest BCUT2D eigenvalue weighted by atomic mass is 10.1. The summed E-state index contributed by atoms with van der Waals surface area (Å²) in [5.41, 5.74) is 0. The molecule has 0 aliphatic carbocycles. The van der Waals surface area contributed by atoms with E-state index in [1.165, 1.54) is 19.3 Å². The van der Waals surface area contributed by atoms with E-state index < -0.39 is 0 Å². The second-order valence-electron chi connectivity index (χ2n) is 4.05. The van der Waals surface area contributed by atoms with Crippen LogP contribution in [0.3, 0.4) is 0 Å². The van der Waals surface area contributed by atoms with Crippen LogP contribution in [0, 0.1) is 5.92 Å². The third kappa shape index (κ3) is 5.58. The Balaban J connectivity index is 1.75. The average molecular weight is 201 g/mol. The molecular formula is C11H23NO2. The summed E-state index contributed by atoms with van der Waals surface area (Å²) in [7, 11) is 0. The fourth-order valence-electron chi connectivity index (χ4n) is 1.78. The summed E-state index contributed by atoms with van der Waals surface area (Å²) in [6, 6.07) is 0. The van der Waals surface area contributed by atoms with Crippen molar-refractivity contribution < 1.29 is 9.84 Å². The van der Waals surface area contributed by atoms with Gasteiger partial charge in [-0.15, -0.1) is 0 Å². The van der Waals surface area contributed by atoms with Gasteiger partial charge in [-0.25, -0.2) is 0 Å². The second-order valence-corrected chi connectivity index (χ2v) is 4.05. The topological polar surface area (TPSA) is 41.5 Å². The van der Waals surface area contributed by atoms with Gasteiger partial charge in [-0.05, 0) is 51.1 Å². The van der Waals surface area contributed by atoms with Gasteiger partial charge < -0.3 is 15.2 Å². The molecule has 1 aliphatic heterocycles. The van der Waals surface area contributed by atoms with E-state index in [2.05, 4.69) is 5.32 Å². The van der Waals surface area contributed by atoms with Crippen LogP contribution < -0.4 is 5.32 Å². The van der Waals surface area contributed by atoms with Crippen LogP contribution in [0.25, 0.3) is 0 Å². The van der Waals surface area contributed by atoms with Crippen LogP contribution in [0.15, 0.2) is 0 Å². The van der Waals surface area contributed by atoms with E-state index in [-0.39, 0.29) is 0 Å². The molecular weight excluding hydrogens is 178 g/mol. The predicted octanol–water partition coefficient (Wildman–Crippen LogP) is 1.17. The molecule has 0 aromatic heterocycles. The Hall–Kier alpha value is -0.120. The Bertz CT molecular complexity index is 124. The maximum absolute atomic E-state index is 8.58. The van der Waals surface area contributed by atoms with Crippen molar-refractivity contribution in [3.63, 3.8) is 0 Å². The molecule has 0 radical (unpaired) electrons. The van der Waals surface area contributed by atoms with Crippen molar-refractivity contribution >= 4 is 0 Å². The van der Waals surface area contributed by atoms with Crippen LogP contribution >= 0.6 is 0 Å². The van der Waals surface area contributed by atoms with Gasteiger partial charge in [0.25, 0.3) is 0 Å². The molecule has 1 aliphatic rings. The lowest BCUT2D eigenvalue weighted by Crippen LogP contribution is -2.19. The van der Waals surface area contributed by atoms with Crippen molar-refractivity contribution in [2.45, 2.75) is 32.1 Å². The predicted molar refractivity (Wildman–Crippen MR) is 57.3 cm³/mol. The highest BCUT2D eigenvalue weighted by Gasteiger charge is 2.14. The molecule has 1 atom stereocenters. The van der Waals surface area contributed by atoms with Crippen LogP contribution in [0.1, 0.15) is 32.1 Å². The van der Waals surface area contributed by atoms with E-state index in [0.29, 0.717) is 6.61 Å². The standard InChI is InChI=1S/C11H23NO2/c13-8-3-1-2-6-12-7-4-11-5-9-14-10-11/h11-13H,1-10H2. The zero-order valence-corrected chi connectivity index (χ0v) is 9.00. The smallest absolute Gasteiger partial charge is 0.0495 e. The monoisotopic (exact) mass is 201 g/mol. The van der Waals surface area contributed by atoms with Crippen LogP contribution in [-0.4, -0.2) is 38.0 Å². The zero-order valence-electron chi connectivity index (χ0n) is 9.00. The molecule has 1 saturated heterocycles. The van der Waals surface area contributed by atoms with Gasteiger partial charge in [-0.2, -0.15) is 0 Å². The van der Waals surface area contributed by atoms with Gasteiger partial charge in [0.05, 0.1) is 0 Å². The minimum absolute atomic E-state index is 0.333. The molecule has 1 fully saturated rings.